The number of benzene rings is 3. The molecule has 0 radical (unpaired) electrons. The molecule has 0 unspecified atom stereocenters. The van der Waals surface area contributed by atoms with Crippen LogP contribution in [0.1, 0.15) is 27.0 Å². The molecule has 0 aromatic heterocycles. The molecule has 0 bridgehead atoms. The summed E-state index contributed by atoms with van der Waals surface area (Å²) in [6, 6.07) is 21.5. The highest BCUT2D eigenvalue weighted by molar-refractivity contribution is 7.92. The lowest BCUT2D eigenvalue weighted by molar-refractivity contribution is 0.0951. The van der Waals surface area contributed by atoms with Crippen LogP contribution in [0.15, 0.2) is 72.8 Å². The number of sulfonamides is 1. The second kappa shape index (κ2) is 9.32. The monoisotopic (exact) mass is 442 g/mol. The third-order valence-electron chi connectivity index (χ3n) is 4.59. The van der Waals surface area contributed by atoms with Crippen LogP contribution < -0.4 is 9.62 Å². The van der Waals surface area contributed by atoms with Gasteiger partial charge in [-0.25, -0.2) is 8.42 Å². The second-order valence-electron chi connectivity index (χ2n) is 7.11. The van der Waals surface area contributed by atoms with Gasteiger partial charge in [0.15, 0.2) is 0 Å². The summed E-state index contributed by atoms with van der Waals surface area (Å²) in [6.07, 6.45) is 1.16. The summed E-state index contributed by atoms with van der Waals surface area (Å²) in [5, 5.41) is 3.47. The van der Waals surface area contributed by atoms with Crippen molar-refractivity contribution in [3.63, 3.8) is 0 Å². The molecule has 0 fully saturated rings. The fourth-order valence-corrected chi connectivity index (χ4v) is 4.06. The van der Waals surface area contributed by atoms with E-state index in [0.717, 1.165) is 22.9 Å². The smallest absolute Gasteiger partial charge is 0.251 e. The van der Waals surface area contributed by atoms with Crippen LogP contribution in [0.5, 0.6) is 0 Å². The third kappa shape index (κ3) is 5.84. The van der Waals surface area contributed by atoms with Gasteiger partial charge in [0.05, 0.1) is 18.5 Å². The molecule has 156 valence electrons. The Bertz CT molecular complexity index is 1130. The van der Waals surface area contributed by atoms with E-state index < -0.39 is 10.0 Å². The molecule has 0 aliphatic heterocycles. The molecule has 0 saturated heterocycles. The first kappa shape index (κ1) is 21.9. The highest BCUT2D eigenvalue weighted by Gasteiger charge is 2.18. The van der Waals surface area contributed by atoms with Crippen molar-refractivity contribution in [2.24, 2.45) is 0 Å². The molecule has 3 aromatic rings. The van der Waals surface area contributed by atoms with E-state index >= 15 is 0 Å². The summed E-state index contributed by atoms with van der Waals surface area (Å²) in [5.74, 6) is -0.216. The standard InChI is InChI=1S/C23H23ClN2O3S/c1-17-4-3-5-19(14-17)15-25-23(27)20-8-12-22(13-9-20)26(30(2,28)29)16-18-6-10-21(24)11-7-18/h3-14H,15-16H2,1-2H3,(H,25,27). The summed E-state index contributed by atoms with van der Waals surface area (Å²) >= 11 is 5.90. The van der Waals surface area contributed by atoms with Crippen LogP contribution in [-0.4, -0.2) is 20.6 Å². The number of nitrogens with zero attached hydrogens (tertiary/aromatic N) is 1. The zero-order valence-corrected chi connectivity index (χ0v) is 18.4. The highest BCUT2D eigenvalue weighted by atomic mass is 35.5. The van der Waals surface area contributed by atoms with E-state index in [9.17, 15) is 13.2 Å². The Hall–Kier alpha value is -2.83. The molecule has 5 nitrogen and oxygen atoms in total. The van der Waals surface area contributed by atoms with Gasteiger partial charge in [0.25, 0.3) is 5.91 Å². The van der Waals surface area contributed by atoms with E-state index in [-0.39, 0.29) is 12.5 Å². The summed E-state index contributed by atoms with van der Waals surface area (Å²) in [5.41, 5.74) is 3.91. The first-order valence-electron chi connectivity index (χ1n) is 9.38. The molecule has 0 spiro atoms. The minimum atomic E-state index is -3.51. The quantitative estimate of drug-likeness (QED) is 0.584. The molecule has 0 aliphatic carbocycles. The van der Waals surface area contributed by atoms with Crippen LogP contribution in [0.2, 0.25) is 5.02 Å². The van der Waals surface area contributed by atoms with Gasteiger partial charge >= 0.3 is 0 Å². The van der Waals surface area contributed by atoms with Gasteiger partial charge in [-0.2, -0.15) is 0 Å². The van der Waals surface area contributed by atoms with Gasteiger partial charge in [-0.15, -0.1) is 0 Å². The van der Waals surface area contributed by atoms with Gasteiger partial charge in [0.1, 0.15) is 0 Å². The molecule has 0 aliphatic rings. The first-order valence-corrected chi connectivity index (χ1v) is 11.6. The topological polar surface area (TPSA) is 66.5 Å². The van der Waals surface area contributed by atoms with Crippen molar-refractivity contribution in [3.05, 3.63) is 100 Å². The number of carbonyl (C=O) groups excluding carboxylic acids is 1. The Balaban J connectivity index is 1.72. The van der Waals surface area contributed by atoms with Gasteiger partial charge in [-0.05, 0) is 54.4 Å². The number of rotatable bonds is 7. The summed E-state index contributed by atoms with van der Waals surface area (Å²) in [6.45, 7) is 2.60. The van der Waals surface area contributed by atoms with Crippen molar-refractivity contribution in [2.75, 3.05) is 10.6 Å². The first-order chi connectivity index (χ1) is 14.2. The van der Waals surface area contributed by atoms with E-state index in [1.807, 2.05) is 31.2 Å². The predicted molar refractivity (Wildman–Crippen MR) is 121 cm³/mol. The molecular formula is C23H23ClN2O3S. The van der Waals surface area contributed by atoms with Crippen LogP contribution in [0.25, 0.3) is 0 Å². The summed E-state index contributed by atoms with van der Waals surface area (Å²) in [7, 11) is -3.51. The Labute approximate surface area is 182 Å². The highest BCUT2D eigenvalue weighted by Crippen LogP contribution is 2.22. The van der Waals surface area contributed by atoms with E-state index in [4.69, 9.17) is 11.6 Å². The van der Waals surface area contributed by atoms with Crippen molar-refractivity contribution in [2.45, 2.75) is 20.0 Å². The molecule has 7 heteroatoms. The lowest BCUT2D eigenvalue weighted by Gasteiger charge is -2.23. The number of hydrogen-bond donors (Lipinski definition) is 1. The maximum absolute atomic E-state index is 12.4. The lowest BCUT2D eigenvalue weighted by Crippen LogP contribution is -2.29. The Morgan fingerprint density at radius 2 is 1.63 bits per heavy atom. The zero-order valence-electron chi connectivity index (χ0n) is 16.8. The fraction of sp³-hybridized carbons (Fsp3) is 0.174. The lowest BCUT2D eigenvalue weighted by atomic mass is 10.1. The largest absolute Gasteiger partial charge is 0.348 e. The number of anilines is 1. The average molecular weight is 443 g/mol. The molecule has 1 amide bonds. The molecule has 0 heterocycles. The van der Waals surface area contributed by atoms with Crippen molar-refractivity contribution in [1.29, 1.82) is 0 Å². The van der Waals surface area contributed by atoms with Crippen LogP contribution >= 0.6 is 11.6 Å². The van der Waals surface area contributed by atoms with Crippen molar-refractivity contribution in [1.82, 2.24) is 5.32 Å². The number of carbonyl (C=O) groups is 1. The number of hydrogen-bond acceptors (Lipinski definition) is 3. The second-order valence-corrected chi connectivity index (χ2v) is 9.46. The average Bonchev–Trinajstić information content (AvgIpc) is 2.71. The van der Waals surface area contributed by atoms with Crippen molar-refractivity contribution >= 4 is 33.2 Å². The van der Waals surface area contributed by atoms with Crippen LogP contribution in [0, 0.1) is 6.92 Å². The van der Waals surface area contributed by atoms with Gasteiger partial charge < -0.3 is 5.32 Å². The molecule has 0 atom stereocenters. The van der Waals surface area contributed by atoms with Crippen molar-refractivity contribution < 1.29 is 13.2 Å². The molecule has 1 N–H and O–H groups in total. The van der Waals surface area contributed by atoms with Gasteiger partial charge in [-0.3, -0.25) is 9.10 Å². The Morgan fingerprint density at radius 3 is 2.23 bits per heavy atom. The fourth-order valence-electron chi connectivity index (χ4n) is 3.04. The minimum absolute atomic E-state index is 0.175. The van der Waals surface area contributed by atoms with E-state index in [0.29, 0.717) is 22.8 Å². The third-order valence-corrected chi connectivity index (χ3v) is 5.99. The van der Waals surface area contributed by atoms with Crippen LogP contribution in [0.4, 0.5) is 5.69 Å². The molecular weight excluding hydrogens is 420 g/mol. The number of halogens is 1. The van der Waals surface area contributed by atoms with Crippen LogP contribution in [-0.2, 0) is 23.1 Å². The zero-order chi connectivity index (χ0) is 21.7. The molecule has 30 heavy (non-hydrogen) atoms. The van der Waals surface area contributed by atoms with E-state index in [1.165, 1.54) is 4.31 Å². The molecule has 3 rings (SSSR count). The predicted octanol–water partition coefficient (Wildman–Crippen LogP) is 4.54. The number of nitrogens with one attached hydrogen (secondary N) is 1. The Kier molecular flexibility index (Phi) is 6.80. The van der Waals surface area contributed by atoms with E-state index in [1.54, 1.807) is 48.5 Å². The summed E-state index contributed by atoms with van der Waals surface area (Å²) in [4.78, 5) is 12.4. The minimum Gasteiger partial charge on any atom is -0.348 e. The maximum Gasteiger partial charge on any atom is 0.251 e. The van der Waals surface area contributed by atoms with E-state index in [2.05, 4.69) is 5.32 Å². The van der Waals surface area contributed by atoms with Crippen LogP contribution in [0.3, 0.4) is 0 Å². The Morgan fingerprint density at radius 1 is 0.967 bits per heavy atom. The SMILES string of the molecule is Cc1cccc(CNC(=O)c2ccc(N(Cc3ccc(Cl)cc3)S(C)(=O)=O)cc2)c1. The molecule has 3 aromatic carbocycles. The van der Waals surface area contributed by atoms with Gasteiger partial charge in [0.2, 0.25) is 10.0 Å². The number of aryl methyl sites for hydroxylation is 1. The number of amides is 1. The molecule has 0 saturated carbocycles. The maximum atomic E-state index is 12.4. The van der Waals surface area contributed by atoms with Gasteiger partial charge in [0, 0.05) is 17.1 Å². The normalized spacial score (nSPS) is 11.2. The summed E-state index contributed by atoms with van der Waals surface area (Å²) < 4.78 is 26.0. The van der Waals surface area contributed by atoms with Gasteiger partial charge in [-0.1, -0.05) is 53.6 Å². The van der Waals surface area contributed by atoms with Crippen molar-refractivity contribution in [3.8, 4) is 0 Å².